The average Bonchev–Trinajstić information content (AvgIpc) is 3.09. The third-order valence-corrected chi connectivity index (χ3v) is 5.96. The smallest absolute Gasteiger partial charge is 0.154 e. The highest BCUT2D eigenvalue weighted by molar-refractivity contribution is 7.91. The molecule has 0 aliphatic carbocycles. The van der Waals surface area contributed by atoms with Crippen LogP contribution in [-0.2, 0) is 16.4 Å². The first-order valence-electron chi connectivity index (χ1n) is 7.70. The Balaban J connectivity index is 1.83. The van der Waals surface area contributed by atoms with E-state index in [1.807, 2.05) is 52.9 Å². The zero-order valence-corrected chi connectivity index (χ0v) is 13.9. The predicted octanol–water partition coefficient (Wildman–Crippen LogP) is 0.852. The van der Waals surface area contributed by atoms with E-state index < -0.39 is 15.9 Å². The molecular formula is C16H21N3O3S. The summed E-state index contributed by atoms with van der Waals surface area (Å²) in [6.07, 6.45) is 2.86. The number of aromatic nitrogens is 2. The molecule has 0 saturated carbocycles. The van der Waals surface area contributed by atoms with Crippen molar-refractivity contribution in [3.63, 3.8) is 0 Å². The number of nitrogens with zero attached hydrogens (tertiary/aromatic N) is 3. The molecule has 0 unspecified atom stereocenters. The summed E-state index contributed by atoms with van der Waals surface area (Å²) in [4.78, 5) is 6.37. The topological polar surface area (TPSA) is 75.4 Å². The van der Waals surface area contributed by atoms with E-state index in [4.69, 9.17) is 0 Å². The molecule has 1 N–H and O–H groups in total. The summed E-state index contributed by atoms with van der Waals surface area (Å²) in [5.74, 6) is 0.699. The molecule has 7 heteroatoms. The van der Waals surface area contributed by atoms with Gasteiger partial charge in [-0.05, 0) is 30.8 Å². The highest BCUT2D eigenvalue weighted by Gasteiger charge is 2.39. The monoisotopic (exact) mass is 335 g/mol. The molecule has 0 spiro atoms. The number of rotatable bonds is 5. The average molecular weight is 335 g/mol. The first kappa shape index (κ1) is 16.2. The van der Waals surface area contributed by atoms with Crippen LogP contribution in [0, 0.1) is 0 Å². The van der Waals surface area contributed by atoms with Gasteiger partial charge >= 0.3 is 0 Å². The Morgan fingerprint density at radius 1 is 1.30 bits per heavy atom. The lowest BCUT2D eigenvalue weighted by Crippen LogP contribution is -2.42. The van der Waals surface area contributed by atoms with Gasteiger partial charge < -0.3 is 9.67 Å². The first-order chi connectivity index (χ1) is 11.0. The highest BCUT2D eigenvalue weighted by atomic mass is 32.2. The van der Waals surface area contributed by atoms with Crippen molar-refractivity contribution in [3.05, 3.63) is 48.4 Å². The number of aliphatic hydroxyl groups is 1. The summed E-state index contributed by atoms with van der Waals surface area (Å²) in [5.41, 5.74) is 1.02. The molecule has 124 valence electrons. The largest absolute Gasteiger partial charge is 0.390 e. The van der Waals surface area contributed by atoms with E-state index in [0.29, 0.717) is 13.1 Å². The fourth-order valence-corrected chi connectivity index (χ4v) is 4.93. The van der Waals surface area contributed by atoms with Gasteiger partial charge in [0.15, 0.2) is 9.84 Å². The van der Waals surface area contributed by atoms with Crippen LogP contribution in [0.25, 0.3) is 5.82 Å². The third-order valence-electron chi connectivity index (χ3n) is 4.26. The maximum Gasteiger partial charge on any atom is 0.154 e. The van der Waals surface area contributed by atoms with Gasteiger partial charge in [-0.3, -0.25) is 4.90 Å². The highest BCUT2D eigenvalue weighted by Crippen LogP contribution is 2.21. The summed E-state index contributed by atoms with van der Waals surface area (Å²) in [6.45, 7) is 3.22. The van der Waals surface area contributed by atoms with Gasteiger partial charge in [0.2, 0.25) is 0 Å². The molecule has 0 radical (unpaired) electrons. The minimum Gasteiger partial charge on any atom is -0.390 e. The van der Waals surface area contributed by atoms with Gasteiger partial charge in [0.05, 0.1) is 23.7 Å². The second-order valence-corrected chi connectivity index (χ2v) is 7.99. The van der Waals surface area contributed by atoms with Gasteiger partial charge in [-0.15, -0.1) is 0 Å². The van der Waals surface area contributed by atoms with E-state index in [1.165, 1.54) is 0 Å². The van der Waals surface area contributed by atoms with Crippen LogP contribution in [0.15, 0.2) is 42.7 Å². The molecule has 23 heavy (non-hydrogen) atoms. The Labute approximate surface area is 136 Å². The number of pyridine rings is 1. The third kappa shape index (κ3) is 3.46. The van der Waals surface area contributed by atoms with Crippen LogP contribution in [0.4, 0.5) is 0 Å². The van der Waals surface area contributed by atoms with E-state index in [-0.39, 0.29) is 17.5 Å². The summed E-state index contributed by atoms with van der Waals surface area (Å²) in [5, 5.41) is 10.1. The minimum atomic E-state index is -3.15. The van der Waals surface area contributed by atoms with Crippen molar-refractivity contribution in [3.8, 4) is 5.82 Å². The molecule has 1 aliphatic rings. The molecular weight excluding hydrogens is 314 g/mol. The van der Waals surface area contributed by atoms with Crippen LogP contribution in [-0.4, -0.2) is 58.2 Å². The number of hydrogen-bond acceptors (Lipinski definition) is 5. The Kier molecular flexibility index (Phi) is 4.52. The summed E-state index contributed by atoms with van der Waals surface area (Å²) in [7, 11) is -3.15. The van der Waals surface area contributed by atoms with Crippen molar-refractivity contribution in [2.75, 3.05) is 18.1 Å². The van der Waals surface area contributed by atoms with Crippen molar-refractivity contribution >= 4 is 9.84 Å². The Bertz CT molecular complexity index is 758. The maximum atomic E-state index is 11.8. The number of sulfone groups is 1. The normalized spacial score (nSPS) is 23.4. The molecule has 3 heterocycles. The number of likely N-dealkylation sites (N-methyl/N-ethyl adjacent to an activating group) is 1. The lowest BCUT2D eigenvalue weighted by molar-refractivity contribution is 0.0808. The molecule has 1 fully saturated rings. The van der Waals surface area contributed by atoms with E-state index in [9.17, 15) is 13.5 Å². The SMILES string of the molecule is CCN(Cc1cccn1-c1ccccn1)[C@H]1CS(=O)(=O)C[C@@H]1O. The Hall–Kier alpha value is -1.70. The van der Waals surface area contributed by atoms with E-state index >= 15 is 0 Å². The van der Waals surface area contributed by atoms with Crippen LogP contribution in [0.1, 0.15) is 12.6 Å². The summed E-state index contributed by atoms with van der Waals surface area (Å²) < 4.78 is 25.5. The molecule has 1 aliphatic heterocycles. The van der Waals surface area contributed by atoms with Crippen molar-refractivity contribution < 1.29 is 13.5 Å². The van der Waals surface area contributed by atoms with Crippen molar-refractivity contribution in [2.45, 2.75) is 25.6 Å². The molecule has 0 bridgehead atoms. The molecule has 0 amide bonds. The standard InChI is InChI=1S/C16H21N3O3S/c1-2-18(14-11-23(21,22)12-15(14)20)10-13-6-5-9-19(13)16-7-3-4-8-17-16/h3-9,14-15,20H,2,10-12H2,1H3/t14-,15-/m0/s1. The number of hydrogen-bond donors (Lipinski definition) is 1. The minimum absolute atomic E-state index is 0.0201. The molecule has 3 rings (SSSR count). The van der Waals surface area contributed by atoms with Crippen LogP contribution >= 0.6 is 0 Å². The second kappa shape index (κ2) is 6.43. The molecule has 6 nitrogen and oxygen atoms in total. The van der Waals surface area contributed by atoms with Crippen LogP contribution in [0.2, 0.25) is 0 Å². The van der Waals surface area contributed by atoms with Gasteiger partial charge in [0.1, 0.15) is 5.82 Å². The van der Waals surface area contributed by atoms with Crippen molar-refractivity contribution in [1.82, 2.24) is 14.5 Å². The zero-order chi connectivity index (χ0) is 16.4. The maximum absolute atomic E-state index is 11.8. The Morgan fingerprint density at radius 2 is 2.13 bits per heavy atom. The van der Waals surface area contributed by atoms with Gasteiger partial charge in [-0.2, -0.15) is 0 Å². The Morgan fingerprint density at radius 3 is 2.74 bits per heavy atom. The van der Waals surface area contributed by atoms with Crippen LogP contribution in [0.3, 0.4) is 0 Å². The van der Waals surface area contributed by atoms with Crippen LogP contribution in [0.5, 0.6) is 0 Å². The van der Waals surface area contributed by atoms with Crippen LogP contribution < -0.4 is 0 Å². The van der Waals surface area contributed by atoms with E-state index in [1.54, 1.807) is 6.20 Å². The van der Waals surface area contributed by atoms with E-state index in [2.05, 4.69) is 4.98 Å². The molecule has 1 saturated heterocycles. The summed E-state index contributed by atoms with van der Waals surface area (Å²) >= 11 is 0. The molecule has 2 aromatic rings. The quantitative estimate of drug-likeness (QED) is 0.877. The van der Waals surface area contributed by atoms with Crippen molar-refractivity contribution in [2.24, 2.45) is 0 Å². The summed E-state index contributed by atoms with van der Waals surface area (Å²) in [6, 6.07) is 9.31. The van der Waals surface area contributed by atoms with Gasteiger partial charge in [0, 0.05) is 24.6 Å². The lowest BCUT2D eigenvalue weighted by atomic mass is 10.1. The second-order valence-electron chi connectivity index (χ2n) is 5.83. The zero-order valence-electron chi connectivity index (χ0n) is 13.0. The van der Waals surface area contributed by atoms with E-state index in [0.717, 1.165) is 11.5 Å². The molecule has 0 aromatic carbocycles. The van der Waals surface area contributed by atoms with Gasteiger partial charge in [0.25, 0.3) is 0 Å². The van der Waals surface area contributed by atoms with Gasteiger partial charge in [-0.25, -0.2) is 13.4 Å². The first-order valence-corrected chi connectivity index (χ1v) is 9.52. The molecule has 2 aromatic heterocycles. The number of aliphatic hydroxyl groups excluding tert-OH is 1. The fourth-order valence-electron chi connectivity index (χ4n) is 3.10. The lowest BCUT2D eigenvalue weighted by Gasteiger charge is -2.29. The fraction of sp³-hybridized carbons (Fsp3) is 0.438. The predicted molar refractivity (Wildman–Crippen MR) is 88.1 cm³/mol. The molecule has 2 atom stereocenters. The van der Waals surface area contributed by atoms with Gasteiger partial charge in [-0.1, -0.05) is 13.0 Å². The van der Waals surface area contributed by atoms with Crippen molar-refractivity contribution in [1.29, 1.82) is 0 Å².